The molecule has 114 valence electrons. The first-order chi connectivity index (χ1) is 11.1. The summed E-state index contributed by atoms with van der Waals surface area (Å²) in [6.45, 7) is 2.11. The molecule has 0 N–H and O–H groups in total. The second-order valence-corrected chi connectivity index (χ2v) is 6.80. The van der Waals surface area contributed by atoms with E-state index in [4.69, 9.17) is 16.6 Å². The summed E-state index contributed by atoms with van der Waals surface area (Å²) in [4.78, 5) is 19.3. The first-order valence-electron chi connectivity index (χ1n) is 7.70. The van der Waals surface area contributed by atoms with Gasteiger partial charge in [-0.2, -0.15) is 0 Å². The molecule has 5 heteroatoms. The Balaban J connectivity index is 1.96. The molecule has 4 nitrogen and oxygen atoms in total. The number of para-hydroxylation sites is 2. The number of fused-ring (bicyclic) bond motifs is 8. The third-order valence-electron chi connectivity index (χ3n) is 5.03. The number of carbonyl (C=O) groups is 1. The molecular formula is C18H14ClN3O. The van der Waals surface area contributed by atoms with E-state index in [1.54, 1.807) is 0 Å². The number of amides is 1. The number of hydrogen-bond donors (Lipinski definition) is 0. The van der Waals surface area contributed by atoms with Crippen LogP contribution in [-0.4, -0.2) is 15.5 Å². The van der Waals surface area contributed by atoms with Crippen LogP contribution in [0.1, 0.15) is 19.8 Å². The van der Waals surface area contributed by atoms with E-state index < -0.39 is 5.66 Å². The molecule has 1 saturated heterocycles. The Hall–Kier alpha value is -2.33. The number of halogens is 1. The molecule has 2 aliphatic heterocycles. The smallest absolute Gasteiger partial charge is 0.229 e. The zero-order valence-electron chi connectivity index (χ0n) is 12.6. The van der Waals surface area contributed by atoms with Crippen LogP contribution in [0.3, 0.4) is 0 Å². The molecule has 2 aromatic carbocycles. The maximum absolute atomic E-state index is 12.6. The highest BCUT2D eigenvalue weighted by molar-refractivity contribution is 6.31. The van der Waals surface area contributed by atoms with Gasteiger partial charge in [-0.15, -0.1) is 0 Å². The molecule has 1 unspecified atom stereocenters. The van der Waals surface area contributed by atoms with Crippen molar-refractivity contribution in [2.75, 3.05) is 4.90 Å². The molecule has 0 bridgehead atoms. The van der Waals surface area contributed by atoms with Gasteiger partial charge in [-0.05, 0) is 43.7 Å². The Kier molecular flexibility index (Phi) is 2.37. The molecule has 0 saturated carbocycles. The summed E-state index contributed by atoms with van der Waals surface area (Å²) in [6.07, 6.45) is 1.31. The third kappa shape index (κ3) is 1.51. The van der Waals surface area contributed by atoms with Gasteiger partial charge >= 0.3 is 0 Å². The average Bonchev–Trinajstić information content (AvgIpc) is 3.06. The summed E-state index contributed by atoms with van der Waals surface area (Å²) in [5.74, 6) is 1.05. The predicted octanol–water partition coefficient (Wildman–Crippen LogP) is 4.17. The molecule has 0 aliphatic carbocycles. The number of benzene rings is 2. The maximum Gasteiger partial charge on any atom is 0.229 e. The molecular weight excluding hydrogens is 310 g/mol. The lowest BCUT2D eigenvalue weighted by atomic mass is 10.0. The van der Waals surface area contributed by atoms with Crippen molar-refractivity contribution in [2.24, 2.45) is 0 Å². The highest BCUT2D eigenvalue weighted by Crippen LogP contribution is 2.50. The number of aromatic nitrogens is 2. The van der Waals surface area contributed by atoms with E-state index in [0.29, 0.717) is 11.4 Å². The van der Waals surface area contributed by atoms with E-state index in [1.807, 2.05) is 41.3 Å². The van der Waals surface area contributed by atoms with Gasteiger partial charge in [-0.25, -0.2) is 4.98 Å². The summed E-state index contributed by atoms with van der Waals surface area (Å²) < 4.78 is 2.21. The van der Waals surface area contributed by atoms with Crippen molar-refractivity contribution in [3.05, 3.63) is 47.5 Å². The van der Waals surface area contributed by atoms with Gasteiger partial charge in [0.25, 0.3) is 0 Å². The van der Waals surface area contributed by atoms with Gasteiger partial charge in [0, 0.05) is 17.0 Å². The fourth-order valence-electron chi connectivity index (χ4n) is 4.01. The molecule has 1 amide bonds. The third-order valence-corrected chi connectivity index (χ3v) is 5.26. The number of carbonyl (C=O) groups excluding carboxylic acids is 1. The molecule has 0 radical (unpaired) electrons. The minimum absolute atomic E-state index is 0.138. The normalized spacial score (nSPS) is 22.2. The van der Waals surface area contributed by atoms with E-state index in [9.17, 15) is 4.79 Å². The quantitative estimate of drug-likeness (QED) is 0.622. The highest BCUT2D eigenvalue weighted by atomic mass is 35.5. The predicted molar refractivity (Wildman–Crippen MR) is 90.5 cm³/mol. The van der Waals surface area contributed by atoms with Crippen molar-refractivity contribution < 1.29 is 4.79 Å². The summed E-state index contributed by atoms with van der Waals surface area (Å²) >= 11 is 6.20. The molecule has 1 fully saturated rings. The van der Waals surface area contributed by atoms with Crippen LogP contribution in [0.2, 0.25) is 5.02 Å². The Bertz CT molecular complexity index is 993. The largest absolute Gasteiger partial charge is 0.300 e. The van der Waals surface area contributed by atoms with E-state index >= 15 is 0 Å². The lowest BCUT2D eigenvalue weighted by Crippen LogP contribution is -2.48. The molecule has 23 heavy (non-hydrogen) atoms. The van der Waals surface area contributed by atoms with Crippen LogP contribution in [0.25, 0.3) is 22.4 Å². The van der Waals surface area contributed by atoms with Gasteiger partial charge in [0.2, 0.25) is 5.91 Å². The number of anilines is 1. The second kappa shape index (κ2) is 4.15. The first-order valence-corrected chi connectivity index (χ1v) is 8.08. The van der Waals surface area contributed by atoms with Gasteiger partial charge < -0.3 is 0 Å². The molecule has 5 rings (SSSR count). The van der Waals surface area contributed by atoms with E-state index in [-0.39, 0.29) is 5.91 Å². The minimum atomic E-state index is -0.430. The van der Waals surface area contributed by atoms with E-state index in [1.165, 1.54) is 0 Å². The van der Waals surface area contributed by atoms with E-state index in [0.717, 1.165) is 34.5 Å². The van der Waals surface area contributed by atoms with E-state index in [2.05, 4.69) is 17.6 Å². The van der Waals surface area contributed by atoms with Gasteiger partial charge in [0.15, 0.2) is 0 Å². The lowest BCUT2D eigenvalue weighted by Gasteiger charge is -2.42. The van der Waals surface area contributed by atoms with Crippen molar-refractivity contribution >= 4 is 34.2 Å². The van der Waals surface area contributed by atoms with Crippen LogP contribution < -0.4 is 4.90 Å². The zero-order valence-corrected chi connectivity index (χ0v) is 13.3. The Morgan fingerprint density at radius 1 is 1.22 bits per heavy atom. The number of hydrogen-bond acceptors (Lipinski definition) is 2. The maximum atomic E-state index is 12.6. The summed E-state index contributed by atoms with van der Waals surface area (Å²) in [5, 5.41) is 0.635. The topological polar surface area (TPSA) is 38.1 Å². The van der Waals surface area contributed by atoms with Crippen LogP contribution in [0.5, 0.6) is 0 Å². The van der Waals surface area contributed by atoms with Gasteiger partial charge in [-0.3, -0.25) is 14.3 Å². The monoisotopic (exact) mass is 323 g/mol. The van der Waals surface area contributed by atoms with Crippen LogP contribution in [0, 0.1) is 0 Å². The molecule has 3 aromatic rings. The van der Waals surface area contributed by atoms with Crippen molar-refractivity contribution in [1.82, 2.24) is 9.55 Å². The van der Waals surface area contributed by atoms with Crippen molar-refractivity contribution in [3.63, 3.8) is 0 Å². The molecule has 0 spiro atoms. The number of imidazole rings is 1. The molecule has 1 atom stereocenters. The Morgan fingerprint density at radius 2 is 2.04 bits per heavy atom. The summed E-state index contributed by atoms with van der Waals surface area (Å²) in [7, 11) is 0. The van der Waals surface area contributed by atoms with Crippen LogP contribution in [0.15, 0.2) is 42.5 Å². The second-order valence-electron chi connectivity index (χ2n) is 6.37. The molecule has 3 heterocycles. The fraction of sp³-hybridized carbons (Fsp3) is 0.222. The van der Waals surface area contributed by atoms with Gasteiger partial charge in [0.1, 0.15) is 11.5 Å². The molecule has 2 aliphatic rings. The van der Waals surface area contributed by atoms with Crippen molar-refractivity contribution in [3.8, 4) is 11.4 Å². The van der Waals surface area contributed by atoms with Crippen molar-refractivity contribution in [2.45, 2.75) is 25.4 Å². The lowest BCUT2D eigenvalue weighted by molar-refractivity contribution is -0.117. The van der Waals surface area contributed by atoms with Gasteiger partial charge in [0.05, 0.1) is 16.7 Å². The first kappa shape index (κ1) is 13.1. The Labute approximate surface area is 138 Å². The summed E-state index contributed by atoms with van der Waals surface area (Å²) in [6, 6.07) is 13.8. The van der Waals surface area contributed by atoms with Gasteiger partial charge in [-0.1, -0.05) is 23.7 Å². The minimum Gasteiger partial charge on any atom is -0.300 e. The summed E-state index contributed by atoms with van der Waals surface area (Å²) in [5.41, 5.74) is 3.40. The average molecular weight is 324 g/mol. The standard InChI is InChI=1S/C18H14ClN3O/c1-18-9-8-16(23)21(18)15-10-11(19)6-7-12(15)17-20-13-4-2-3-5-14(13)22(17)18/h2-7,10H,8-9H2,1H3. The Morgan fingerprint density at radius 3 is 2.91 bits per heavy atom. The SMILES string of the molecule is CC12CCC(=O)N1c1cc(Cl)ccc1-c1nc3ccccc3n12. The fourth-order valence-corrected chi connectivity index (χ4v) is 4.18. The number of nitrogens with zero attached hydrogens (tertiary/aromatic N) is 3. The van der Waals surface area contributed by atoms with Crippen LogP contribution >= 0.6 is 11.6 Å². The number of rotatable bonds is 0. The highest BCUT2D eigenvalue weighted by Gasteiger charge is 2.49. The van der Waals surface area contributed by atoms with Crippen LogP contribution in [-0.2, 0) is 10.5 Å². The van der Waals surface area contributed by atoms with Crippen LogP contribution in [0.4, 0.5) is 5.69 Å². The molecule has 1 aromatic heterocycles. The zero-order chi connectivity index (χ0) is 15.8. The van der Waals surface area contributed by atoms with Crippen molar-refractivity contribution in [1.29, 1.82) is 0 Å².